The van der Waals surface area contributed by atoms with E-state index in [0.29, 0.717) is 0 Å². The van der Waals surface area contributed by atoms with E-state index in [1.54, 1.807) is 0 Å². The van der Waals surface area contributed by atoms with E-state index in [4.69, 9.17) is 0 Å². The zero-order valence-corrected chi connectivity index (χ0v) is 17.1. The fourth-order valence-corrected chi connectivity index (χ4v) is 3.54. The highest BCUT2D eigenvalue weighted by atomic mass is 16.3. The molecule has 0 saturated heterocycles. The minimum Gasteiger partial charge on any atom is -0.395 e. The van der Waals surface area contributed by atoms with E-state index in [-0.39, 0.29) is 18.6 Å². The second-order valence-corrected chi connectivity index (χ2v) is 7.45. The molecule has 1 amide bonds. The number of hydrogen-bond donors (Lipinski definition) is 2. The molecular weight excluding hydrogens is 358 g/mol. The van der Waals surface area contributed by atoms with Crippen LogP contribution in [0, 0.1) is 0 Å². The minimum atomic E-state index is -0.581. The van der Waals surface area contributed by atoms with Gasteiger partial charge in [-0.15, -0.1) is 0 Å². The summed E-state index contributed by atoms with van der Waals surface area (Å²) in [6.45, 7) is 3.91. The maximum atomic E-state index is 12.7. The Morgan fingerprint density at radius 2 is 1.45 bits per heavy atom. The Balaban J connectivity index is 1.70. The van der Waals surface area contributed by atoms with Crippen molar-refractivity contribution in [1.29, 1.82) is 0 Å². The van der Waals surface area contributed by atoms with Gasteiger partial charge in [0, 0.05) is 0 Å². The largest absolute Gasteiger partial charge is 0.395 e. The van der Waals surface area contributed by atoms with Crippen LogP contribution in [0.2, 0.25) is 0 Å². The highest BCUT2D eigenvalue weighted by Crippen LogP contribution is 2.24. The molecule has 3 rings (SSSR count). The van der Waals surface area contributed by atoms with E-state index >= 15 is 0 Å². The smallest absolute Gasteiger partial charge is 0.230 e. The lowest BCUT2D eigenvalue weighted by Crippen LogP contribution is -2.33. The maximum absolute atomic E-state index is 12.7. The van der Waals surface area contributed by atoms with Gasteiger partial charge in [-0.1, -0.05) is 92.2 Å². The van der Waals surface area contributed by atoms with Crippen LogP contribution in [-0.4, -0.2) is 17.6 Å². The van der Waals surface area contributed by atoms with Gasteiger partial charge in [0.15, 0.2) is 0 Å². The van der Waals surface area contributed by atoms with Crippen LogP contribution in [0.3, 0.4) is 0 Å². The van der Waals surface area contributed by atoms with Crippen molar-refractivity contribution in [3.05, 3.63) is 95.6 Å². The van der Waals surface area contributed by atoms with Crippen molar-refractivity contribution >= 4 is 5.91 Å². The highest BCUT2D eigenvalue weighted by Gasteiger charge is 2.21. The second kappa shape index (κ2) is 10.0. The van der Waals surface area contributed by atoms with Crippen molar-refractivity contribution in [3.8, 4) is 11.1 Å². The number of rotatable bonds is 8. The number of carbonyl (C=O) groups is 1. The van der Waals surface area contributed by atoms with Crippen LogP contribution in [0.5, 0.6) is 0 Å². The minimum absolute atomic E-state index is 0.112. The van der Waals surface area contributed by atoms with Gasteiger partial charge in [0.1, 0.15) is 0 Å². The highest BCUT2D eigenvalue weighted by molar-refractivity contribution is 5.84. The van der Waals surface area contributed by atoms with Gasteiger partial charge < -0.3 is 10.4 Å². The van der Waals surface area contributed by atoms with Crippen molar-refractivity contribution in [2.24, 2.45) is 0 Å². The van der Waals surface area contributed by atoms with Crippen molar-refractivity contribution in [2.75, 3.05) is 6.61 Å². The molecule has 0 saturated carbocycles. The predicted octanol–water partition coefficient (Wildman–Crippen LogP) is 5.26. The summed E-state index contributed by atoms with van der Waals surface area (Å²) in [6, 6.07) is 26.2. The summed E-state index contributed by atoms with van der Waals surface area (Å²) in [7, 11) is 0. The number of nitrogens with one attached hydrogen (secondary N) is 1. The lowest BCUT2D eigenvalue weighted by atomic mass is 9.95. The monoisotopic (exact) mass is 387 g/mol. The predicted molar refractivity (Wildman–Crippen MR) is 119 cm³/mol. The molecule has 0 aliphatic heterocycles. The number of hydrogen-bond acceptors (Lipinski definition) is 2. The van der Waals surface area contributed by atoms with E-state index < -0.39 is 5.92 Å². The number of carbonyl (C=O) groups excluding carboxylic acids is 1. The summed E-state index contributed by atoms with van der Waals surface area (Å²) in [5.41, 5.74) is 5.46. The second-order valence-electron chi connectivity index (χ2n) is 7.45. The van der Waals surface area contributed by atoms with Crippen LogP contribution in [0.15, 0.2) is 78.9 Å². The fraction of sp³-hybridized carbons (Fsp3) is 0.269. The van der Waals surface area contributed by atoms with Gasteiger partial charge in [-0.25, -0.2) is 0 Å². The summed E-state index contributed by atoms with van der Waals surface area (Å²) in [5.74, 6) is -0.748. The first-order valence-corrected chi connectivity index (χ1v) is 10.3. The van der Waals surface area contributed by atoms with Crippen LogP contribution in [0.4, 0.5) is 0 Å². The number of aryl methyl sites for hydroxylation is 1. The average molecular weight is 388 g/mol. The summed E-state index contributed by atoms with van der Waals surface area (Å²) in [4.78, 5) is 12.7. The van der Waals surface area contributed by atoms with Crippen LogP contribution >= 0.6 is 0 Å². The van der Waals surface area contributed by atoms with Crippen molar-refractivity contribution in [2.45, 2.75) is 38.6 Å². The van der Waals surface area contributed by atoms with Crippen molar-refractivity contribution < 1.29 is 9.90 Å². The SMILES string of the molecule is CCCc1ccc(-c2ccc([C@@H](CO)C(=O)N[C@H](C)c3ccccc3)cc2)cc1. The van der Waals surface area contributed by atoms with Crippen LogP contribution in [-0.2, 0) is 11.2 Å². The molecule has 2 N–H and O–H groups in total. The number of aliphatic hydroxyl groups excluding tert-OH is 1. The quantitative estimate of drug-likeness (QED) is 0.554. The summed E-state index contributed by atoms with van der Waals surface area (Å²) in [6.07, 6.45) is 2.23. The number of aliphatic hydroxyl groups is 1. The van der Waals surface area contributed by atoms with Gasteiger partial charge in [-0.2, -0.15) is 0 Å². The molecule has 3 aromatic carbocycles. The first-order chi connectivity index (χ1) is 14.1. The lowest BCUT2D eigenvalue weighted by molar-refractivity contribution is -0.124. The van der Waals surface area contributed by atoms with Crippen molar-refractivity contribution in [1.82, 2.24) is 5.32 Å². The molecule has 0 spiro atoms. The molecule has 0 bridgehead atoms. The van der Waals surface area contributed by atoms with E-state index in [2.05, 4.69) is 36.5 Å². The lowest BCUT2D eigenvalue weighted by Gasteiger charge is -2.20. The van der Waals surface area contributed by atoms with Gasteiger partial charge in [0.05, 0.1) is 18.6 Å². The van der Waals surface area contributed by atoms with Crippen LogP contribution < -0.4 is 5.32 Å². The number of amides is 1. The normalized spacial score (nSPS) is 12.9. The molecule has 3 heteroatoms. The van der Waals surface area contributed by atoms with Gasteiger partial charge in [0.2, 0.25) is 5.91 Å². The third-order valence-corrected chi connectivity index (χ3v) is 5.30. The maximum Gasteiger partial charge on any atom is 0.230 e. The number of benzene rings is 3. The van der Waals surface area contributed by atoms with E-state index in [1.165, 1.54) is 5.56 Å². The molecule has 0 radical (unpaired) electrons. The topological polar surface area (TPSA) is 49.3 Å². The van der Waals surface area contributed by atoms with E-state index in [1.807, 2.05) is 61.5 Å². The average Bonchev–Trinajstić information content (AvgIpc) is 2.76. The zero-order valence-electron chi connectivity index (χ0n) is 17.1. The molecule has 2 atom stereocenters. The molecule has 3 aromatic rings. The Morgan fingerprint density at radius 3 is 2.00 bits per heavy atom. The molecule has 0 fully saturated rings. The van der Waals surface area contributed by atoms with Gasteiger partial charge >= 0.3 is 0 Å². The van der Waals surface area contributed by atoms with Gasteiger partial charge in [-0.05, 0) is 41.2 Å². The third-order valence-electron chi connectivity index (χ3n) is 5.30. The van der Waals surface area contributed by atoms with E-state index in [0.717, 1.165) is 35.1 Å². The van der Waals surface area contributed by atoms with Crippen LogP contribution in [0.1, 0.15) is 48.9 Å². The first-order valence-electron chi connectivity index (χ1n) is 10.3. The van der Waals surface area contributed by atoms with Gasteiger partial charge in [-0.3, -0.25) is 4.79 Å². The Bertz CT molecular complexity index is 902. The molecule has 29 heavy (non-hydrogen) atoms. The molecular formula is C26H29NO2. The van der Waals surface area contributed by atoms with Gasteiger partial charge in [0.25, 0.3) is 0 Å². The van der Waals surface area contributed by atoms with E-state index in [9.17, 15) is 9.90 Å². The molecule has 0 heterocycles. The summed E-state index contributed by atoms with van der Waals surface area (Å²) >= 11 is 0. The summed E-state index contributed by atoms with van der Waals surface area (Å²) < 4.78 is 0. The Kier molecular flexibility index (Phi) is 7.20. The molecule has 0 aliphatic rings. The zero-order chi connectivity index (χ0) is 20.6. The molecule has 3 nitrogen and oxygen atoms in total. The Hall–Kier alpha value is -2.91. The van der Waals surface area contributed by atoms with Crippen LogP contribution in [0.25, 0.3) is 11.1 Å². The fourth-order valence-electron chi connectivity index (χ4n) is 3.54. The standard InChI is InChI=1S/C26H29NO2/c1-3-7-20-10-12-22(13-11-20)23-14-16-24(17-15-23)25(18-28)26(29)27-19(2)21-8-5-4-6-9-21/h4-6,8-17,19,25,28H,3,7,18H2,1-2H3,(H,27,29)/t19-,25-/m1/s1. The molecule has 0 aromatic heterocycles. The Morgan fingerprint density at radius 1 is 0.862 bits per heavy atom. The first kappa shape index (κ1) is 20.8. The molecule has 0 aliphatic carbocycles. The Labute approximate surface area is 173 Å². The van der Waals surface area contributed by atoms with Crippen molar-refractivity contribution in [3.63, 3.8) is 0 Å². The third kappa shape index (κ3) is 5.33. The molecule has 0 unspecified atom stereocenters. The summed E-state index contributed by atoms with van der Waals surface area (Å²) in [5, 5.41) is 12.9. The molecule has 150 valence electrons.